The largest absolute Gasteiger partial charge is 0.508 e. The first-order valence-corrected chi connectivity index (χ1v) is 12.1. The van der Waals surface area contributed by atoms with Crippen LogP contribution in [0.2, 0.25) is 0 Å². The lowest BCUT2D eigenvalue weighted by Gasteiger charge is -2.46. The summed E-state index contributed by atoms with van der Waals surface area (Å²) in [5.74, 6) is 1.57. The molecule has 0 amide bonds. The summed E-state index contributed by atoms with van der Waals surface area (Å²) in [5, 5.41) is 30.3. The van der Waals surface area contributed by atoms with E-state index in [0.717, 1.165) is 22.3 Å². The van der Waals surface area contributed by atoms with Gasteiger partial charge in [0.05, 0.1) is 13.0 Å². The molecule has 0 spiro atoms. The molecule has 2 heterocycles. The van der Waals surface area contributed by atoms with Gasteiger partial charge in [-0.2, -0.15) is 0 Å². The van der Waals surface area contributed by atoms with Gasteiger partial charge in [-0.1, -0.05) is 54.6 Å². The highest BCUT2D eigenvalue weighted by atomic mass is 16.5. The number of allylic oxidation sites excluding steroid dienone is 1. The number of benzene rings is 4. The van der Waals surface area contributed by atoms with Gasteiger partial charge in [-0.3, -0.25) is 0 Å². The molecular formula is C31H26O6. The van der Waals surface area contributed by atoms with E-state index in [-0.39, 0.29) is 35.2 Å². The molecule has 6 nitrogen and oxygen atoms in total. The van der Waals surface area contributed by atoms with Gasteiger partial charge >= 0.3 is 0 Å². The van der Waals surface area contributed by atoms with E-state index in [9.17, 15) is 15.3 Å². The molecule has 0 saturated carbocycles. The van der Waals surface area contributed by atoms with Crippen molar-refractivity contribution >= 4 is 6.08 Å². The van der Waals surface area contributed by atoms with Crippen LogP contribution in [0.15, 0.2) is 91.0 Å². The van der Waals surface area contributed by atoms with E-state index >= 15 is 0 Å². The third-order valence-electron chi connectivity index (χ3n) is 7.08. The second kappa shape index (κ2) is 9.13. The summed E-state index contributed by atoms with van der Waals surface area (Å²) >= 11 is 0. The van der Waals surface area contributed by atoms with Crippen LogP contribution in [0.1, 0.15) is 40.4 Å². The first-order chi connectivity index (χ1) is 18.0. The Hall–Kier alpha value is -4.58. The Bertz CT molecular complexity index is 1460. The van der Waals surface area contributed by atoms with Gasteiger partial charge in [0.2, 0.25) is 0 Å². The average molecular weight is 495 g/mol. The Morgan fingerprint density at radius 3 is 2.19 bits per heavy atom. The molecular weight excluding hydrogens is 468 g/mol. The van der Waals surface area contributed by atoms with E-state index in [1.165, 1.54) is 0 Å². The SMILES string of the molecule is COc1cc(O)cc2c1[C@@H](/C=C/c1ccc(O)cc1)[C@@H]1[C@@H](c3ccccc3)Oc3cc(O)ccc3[C@@H]1O2. The number of phenolic OH excluding ortho intramolecular Hbond substituents is 3. The fourth-order valence-electron chi connectivity index (χ4n) is 5.43. The number of hydrogen-bond donors (Lipinski definition) is 3. The topological polar surface area (TPSA) is 88.4 Å². The molecule has 0 bridgehead atoms. The summed E-state index contributed by atoms with van der Waals surface area (Å²) in [6.07, 6.45) is 3.32. The lowest BCUT2D eigenvalue weighted by atomic mass is 9.71. The van der Waals surface area contributed by atoms with Crippen LogP contribution >= 0.6 is 0 Å². The molecule has 0 saturated heterocycles. The van der Waals surface area contributed by atoms with Crippen LogP contribution < -0.4 is 14.2 Å². The van der Waals surface area contributed by atoms with E-state index < -0.39 is 6.10 Å². The van der Waals surface area contributed by atoms with Crippen molar-refractivity contribution in [2.75, 3.05) is 7.11 Å². The van der Waals surface area contributed by atoms with Crippen LogP contribution in [0.25, 0.3) is 6.08 Å². The van der Waals surface area contributed by atoms with Crippen LogP contribution in [-0.4, -0.2) is 22.4 Å². The van der Waals surface area contributed by atoms with Crippen molar-refractivity contribution in [2.45, 2.75) is 18.1 Å². The minimum Gasteiger partial charge on any atom is -0.508 e. The van der Waals surface area contributed by atoms with Gasteiger partial charge in [0, 0.05) is 35.2 Å². The van der Waals surface area contributed by atoms with Gasteiger partial charge in [-0.05, 0) is 35.4 Å². The van der Waals surface area contributed by atoms with E-state index in [4.69, 9.17) is 14.2 Å². The minimum absolute atomic E-state index is 0.0490. The Morgan fingerprint density at radius 2 is 1.43 bits per heavy atom. The molecule has 2 aliphatic rings. The summed E-state index contributed by atoms with van der Waals surface area (Å²) in [4.78, 5) is 0. The average Bonchev–Trinajstić information content (AvgIpc) is 2.91. The van der Waals surface area contributed by atoms with Crippen molar-refractivity contribution in [3.05, 3.63) is 113 Å². The van der Waals surface area contributed by atoms with Gasteiger partial charge in [-0.15, -0.1) is 0 Å². The number of rotatable bonds is 4. The molecule has 0 radical (unpaired) electrons. The van der Waals surface area contributed by atoms with Crippen LogP contribution in [-0.2, 0) is 0 Å². The number of hydrogen-bond acceptors (Lipinski definition) is 6. The van der Waals surface area contributed by atoms with Crippen molar-refractivity contribution in [3.63, 3.8) is 0 Å². The predicted molar refractivity (Wildman–Crippen MR) is 139 cm³/mol. The van der Waals surface area contributed by atoms with Crippen LogP contribution in [0.4, 0.5) is 0 Å². The third-order valence-corrected chi connectivity index (χ3v) is 7.08. The highest BCUT2D eigenvalue weighted by Gasteiger charge is 2.49. The van der Waals surface area contributed by atoms with Crippen molar-refractivity contribution in [1.29, 1.82) is 0 Å². The van der Waals surface area contributed by atoms with Crippen molar-refractivity contribution in [3.8, 4) is 34.5 Å². The second-order valence-electron chi connectivity index (χ2n) is 9.32. The Morgan fingerprint density at radius 1 is 0.730 bits per heavy atom. The zero-order valence-corrected chi connectivity index (χ0v) is 20.1. The number of aromatic hydroxyl groups is 3. The standard InChI is InChI=1S/C31H26O6/c1-35-26-16-22(34)17-27-28(26)24(13-9-18-7-10-20(32)11-8-18)29-30(19-5-3-2-4-6-19)36-25-15-21(33)12-14-23(25)31(29)37-27/h2-17,24,29-34H,1H3/b13-9+/t24-,29-,30-,31+/m1/s1. The molecule has 6 rings (SSSR count). The maximum Gasteiger partial charge on any atom is 0.135 e. The highest BCUT2D eigenvalue weighted by molar-refractivity contribution is 5.60. The molecule has 3 N–H and O–H groups in total. The number of fused-ring (bicyclic) bond motifs is 4. The maximum atomic E-state index is 10.4. The van der Waals surface area contributed by atoms with Crippen LogP contribution in [0.3, 0.4) is 0 Å². The lowest BCUT2D eigenvalue weighted by Crippen LogP contribution is -2.39. The van der Waals surface area contributed by atoms with Gasteiger partial charge in [0.1, 0.15) is 46.7 Å². The van der Waals surface area contributed by atoms with Crippen molar-refractivity contribution < 1.29 is 29.5 Å². The van der Waals surface area contributed by atoms with Gasteiger partial charge in [-0.25, -0.2) is 0 Å². The fourth-order valence-corrected chi connectivity index (χ4v) is 5.43. The predicted octanol–water partition coefficient (Wildman–Crippen LogP) is 6.49. The third kappa shape index (κ3) is 4.10. The molecule has 4 aromatic rings. The zero-order valence-electron chi connectivity index (χ0n) is 20.1. The van der Waals surface area contributed by atoms with E-state index in [0.29, 0.717) is 17.2 Å². The summed E-state index contributed by atoms with van der Waals surface area (Å²) in [7, 11) is 1.58. The monoisotopic (exact) mass is 494 g/mol. The molecule has 4 atom stereocenters. The van der Waals surface area contributed by atoms with Gasteiger partial charge in [0.25, 0.3) is 0 Å². The second-order valence-corrected chi connectivity index (χ2v) is 9.32. The quantitative estimate of drug-likeness (QED) is 0.300. The molecule has 6 heteroatoms. The van der Waals surface area contributed by atoms with E-state index in [2.05, 4.69) is 6.08 Å². The van der Waals surface area contributed by atoms with Crippen LogP contribution in [0, 0.1) is 5.92 Å². The zero-order chi connectivity index (χ0) is 25.5. The Balaban J connectivity index is 1.57. The summed E-state index contributed by atoms with van der Waals surface area (Å²) in [6.45, 7) is 0. The molecule has 0 aliphatic carbocycles. The molecule has 0 unspecified atom stereocenters. The smallest absolute Gasteiger partial charge is 0.135 e. The lowest BCUT2D eigenvalue weighted by molar-refractivity contribution is -0.00915. The normalized spacial score (nSPS) is 21.8. The fraction of sp³-hybridized carbons (Fsp3) is 0.161. The van der Waals surface area contributed by atoms with E-state index in [1.54, 1.807) is 43.5 Å². The molecule has 2 aliphatic heterocycles. The molecule has 0 fully saturated rings. The first kappa shape index (κ1) is 22.9. The van der Waals surface area contributed by atoms with Crippen molar-refractivity contribution in [2.24, 2.45) is 5.92 Å². The minimum atomic E-state index is -0.414. The Labute approximate surface area is 214 Å². The Kier molecular flexibility index (Phi) is 5.64. The number of phenols is 3. The molecule has 4 aromatic carbocycles. The summed E-state index contributed by atoms with van der Waals surface area (Å²) in [6, 6.07) is 25.3. The number of methoxy groups -OCH3 is 1. The maximum absolute atomic E-state index is 10.4. The molecule has 186 valence electrons. The number of ether oxygens (including phenoxy) is 3. The van der Waals surface area contributed by atoms with E-state index in [1.807, 2.05) is 54.6 Å². The molecule has 37 heavy (non-hydrogen) atoms. The highest BCUT2D eigenvalue weighted by Crippen LogP contribution is 2.59. The first-order valence-electron chi connectivity index (χ1n) is 12.1. The summed E-state index contributed by atoms with van der Waals surface area (Å²) in [5.41, 5.74) is 3.56. The van der Waals surface area contributed by atoms with Gasteiger partial charge in [0.15, 0.2) is 0 Å². The van der Waals surface area contributed by atoms with Crippen molar-refractivity contribution in [1.82, 2.24) is 0 Å². The van der Waals surface area contributed by atoms with Crippen LogP contribution in [0.5, 0.6) is 34.5 Å². The summed E-state index contributed by atoms with van der Waals surface area (Å²) < 4.78 is 18.9. The van der Waals surface area contributed by atoms with Gasteiger partial charge < -0.3 is 29.5 Å². The molecule has 0 aromatic heterocycles.